The Hall–Kier alpha value is -3.15. The van der Waals surface area contributed by atoms with Gasteiger partial charge in [0, 0.05) is 38.1 Å². The molecule has 3 heterocycles. The second-order valence-electron chi connectivity index (χ2n) is 7.02. The van der Waals surface area contributed by atoms with E-state index in [9.17, 15) is 0 Å². The predicted molar refractivity (Wildman–Crippen MR) is 114 cm³/mol. The zero-order chi connectivity index (χ0) is 19.7. The second-order valence-corrected chi connectivity index (χ2v) is 7.02. The molecule has 0 saturated carbocycles. The Labute approximate surface area is 165 Å². The molecule has 0 fully saturated rings. The fourth-order valence-corrected chi connectivity index (χ4v) is 3.70. The first-order valence-electron chi connectivity index (χ1n) is 9.76. The van der Waals surface area contributed by atoms with Gasteiger partial charge in [-0.2, -0.15) is 5.10 Å². The van der Waals surface area contributed by atoms with Gasteiger partial charge in [0.15, 0.2) is 0 Å². The fraction of sp³-hybridized carbons (Fsp3) is 0.318. The molecule has 0 atom stereocenters. The molecule has 0 saturated heterocycles. The molecule has 0 bridgehead atoms. The SMILES string of the molecule is CCN(CC)c1ccc(-c2nc3cccc(C)c3n2Cc2ccn(C)n2)cn1. The van der Waals surface area contributed by atoms with Crippen molar-refractivity contribution in [1.29, 1.82) is 0 Å². The first-order chi connectivity index (χ1) is 13.6. The van der Waals surface area contributed by atoms with Crippen LogP contribution in [0.15, 0.2) is 48.8 Å². The zero-order valence-corrected chi connectivity index (χ0v) is 16.9. The highest BCUT2D eigenvalue weighted by Gasteiger charge is 2.16. The standard InChI is InChI=1S/C22H26N6/c1-5-27(6-2)20-11-10-17(14-23-20)22-24-19-9-7-8-16(3)21(19)28(22)15-18-12-13-26(4)25-18/h7-14H,5-6,15H2,1-4H3. The third-order valence-corrected chi connectivity index (χ3v) is 5.15. The molecule has 1 aromatic carbocycles. The van der Waals surface area contributed by atoms with Gasteiger partial charge in [-0.1, -0.05) is 12.1 Å². The van der Waals surface area contributed by atoms with Gasteiger partial charge in [0.25, 0.3) is 0 Å². The highest BCUT2D eigenvalue weighted by atomic mass is 15.3. The van der Waals surface area contributed by atoms with E-state index in [4.69, 9.17) is 9.97 Å². The molecule has 28 heavy (non-hydrogen) atoms. The lowest BCUT2D eigenvalue weighted by atomic mass is 10.2. The lowest BCUT2D eigenvalue weighted by molar-refractivity contribution is 0.716. The van der Waals surface area contributed by atoms with Crippen molar-refractivity contribution in [2.24, 2.45) is 7.05 Å². The Morgan fingerprint density at radius 2 is 1.86 bits per heavy atom. The normalized spacial score (nSPS) is 11.3. The van der Waals surface area contributed by atoms with E-state index in [1.807, 2.05) is 24.1 Å². The summed E-state index contributed by atoms with van der Waals surface area (Å²) < 4.78 is 4.09. The van der Waals surface area contributed by atoms with Crippen LogP contribution in [0.1, 0.15) is 25.1 Å². The fourth-order valence-electron chi connectivity index (χ4n) is 3.70. The predicted octanol–water partition coefficient (Wildman–Crippen LogP) is 4.03. The zero-order valence-electron chi connectivity index (χ0n) is 16.9. The number of anilines is 1. The van der Waals surface area contributed by atoms with Crippen LogP contribution < -0.4 is 4.90 Å². The minimum absolute atomic E-state index is 0.676. The van der Waals surface area contributed by atoms with Crippen molar-refractivity contribution in [3.63, 3.8) is 0 Å². The minimum Gasteiger partial charge on any atom is -0.357 e. The highest BCUT2D eigenvalue weighted by molar-refractivity contribution is 5.83. The number of aryl methyl sites for hydroxylation is 2. The van der Waals surface area contributed by atoms with E-state index in [1.54, 1.807) is 0 Å². The van der Waals surface area contributed by atoms with E-state index in [-0.39, 0.29) is 0 Å². The Balaban J connectivity index is 1.82. The van der Waals surface area contributed by atoms with Crippen LogP contribution in [-0.2, 0) is 13.6 Å². The van der Waals surface area contributed by atoms with Crippen molar-refractivity contribution >= 4 is 16.9 Å². The number of imidazole rings is 1. The van der Waals surface area contributed by atoms with Crippen LogP contribution in [0.4, 0.5) is 5.82 Å². The summed E-state index contributed by atoms with van der Waals surface area (Å²) in [4.78, 5) is 11.9. The van der Waals surface area contributed by atoms with Crippen LogP contribution in [0.25, 0.3) is 22.4 Å². The summed E-state index contributed by atoms with van der Waals surface area (Å²) in [6, 6.07) is 12.5. The molecule has 0 radical (unpaired) electrons. The van der Waals surface area contributed by atoms with Crippen molar-refractivity contribution in [3.05, 3.63) is 60.0 Å². The van der Waals surface area contributed by atoms with Gasteiger partial charge in [-0.15, -0.1) is 0 Å². The number of hydrogen-bond donors (Lipinski definition) is 0. The van der Waals surface area contributed by atoms with Crippen LogP contribution in [0.2, 0.25) is 0 Å². The molecule has 6 nitrogen and oxygen atoms in total. The summed E-state index contributed by atoms with van der Waals surface area (Å²) in [7, 11) is 1.94. The first-order valence-corrected chi connectivity index (χ1v) is 9.76. The van der Waals surface area contributed by atoms with Gasteiger partial charge in [0.2, 0.25) is 0 Å². The number of para-hydroxylation sites is 1. The van der Waals surface area contributed by atoms with Gasteiger partial charge < -0.3 is 9.47 Å². The number of hydrogen-bond acceptors (Lipinski definition) is 4. The Morgan fingerprint density at radius 3 is 2.50 bits per heavy atom. The first kappa shape index (κ1) is 18.2. The van der Waals surface area contributed by atoms with Gasteiger partial charge in [-0.3, -0.25) is 4.68 Å². The Morgan fingerprint density at radius 1 is 1.04 bits per heavy atom. The molecule has 0 aliphatic carbocycles. The molecule has 3 aromatic heterocycles. The summed E-state index contributed by atoms with van der Waals surface area (Å²) in [6.07, 6.45) is 3.90. The summed E-state index contributed by atoms with van der Waals surface area (Å²) in [5, 5.41) is 4.56. The number of aromatic nitrogens is 5. The Bertz CT molecular complexity index is 1090. The quantitative estimate of drug-likeness (QED) is 0.511. The number of nitrogens with zero attached hydrogens (tertiary/aromatic N) is 6. The maximum absolute atomic E-state index is 4.94. The lowest BCUT2D eigenvalue weighted by Crippen LogP contribution is -2.22. The van der Waals surface area contributed by atoms with Crippen LogP contribution in [0.5, 0.6) is 0 Å². The van der Waals surface area contributed by atoms with Crippen molar-refractivity contribution in [1.82, 2.24) is 24.3 Å². The average Bonchev–Trinajstić information content (AvgIpc) is 3.28. The van der Waals surface area contributed by atoms with E-state index in [2.05, 4.69) is 71.7 Å². The second kappa shape index (κ2) is 7.46. The van der Waals surface area contributed by atoms with Gasteiger partial charge >= 0.3 is 0 Å². The molecule has 6 heteroatoms. The van der Waals surface area contributed by atoms with Crippen LogP contribution in [0, 0.1) is 6.92 Å². The molecule has 0 aliphatic rings. The number of fused-ring (bicyclic) bond motifs is 1. The molecule has 4 aromatic rings. The molecule has 4 rings (SSSR count). The maximum atomic E-state index is 4.94. The average molecular weight is 374 g/mol. The molecule has 0 aliphatic heterocycles. The van der Waals surface area contributed by atoms with E-state index >= 15 is 0 Å². The molecular weight excluding hydrogens is 348 g/mol. The largest absolute Gasteiger partial charge is 0.357 e. The Kier molecular flexibility index (Phi) is 4.86. The van der Waals surface area contributed by atoms with Crippen LogP contribution in [-0.4, -0.2) is 37.4 Å². The van der Waals surface area contributed by atoms with E-state index < -0.39 is 0 Å². The molecule has 0 amide bonds. The van der Waals surface area contributed by atoms with Gasteiger partial charge in [-0.05, 0) is 50.6 Å². The van der Waals surface area contributed by atoms with Gasteiger partial charge in [-0.25, -0.2) is 9.97 Å². The maximum Gasteiger partial charge on any atom is 0.143 e. The van der Waals surface area contributed by atoms with Crippen LogP contribution in [0.3, 0.4) is 0 Å². The third-order valence-electron chi connectivity index (χ3n) is 5.15. The van der Waals surface area contributed by atoms with E-state index in [0.717, 1.165) is 47.0 Å². The lowest BCUT2D eigenvalue weighted by Gasteiger charge is -2.19. The topological polar surface area (TPSA) is 51.8 Å². The highest BCUT2D eigenvalue weighted by Crippen LogP contribution is 2.28. The molecular formula is C22H26N6. The summed E-state index contributed by atoms with van der Waals surface area (Å²) in [5.41, 5.74) is 5.39. The minimum atomic E-state index is 0.676. The summed E-state index contributed by atoms with van der Waals surface area (Å²) in [6.45, 7) is 8.99. The monoisotopic (exact) mass is 374 g/mol. The summed E-state index contributed by atoms with van der Waals surface area (Å²) in [5.74, 6) is 1.92. The van der Waals surface area contributed by atoms with Crippen molar-refractivity contribution in [3.8, 4) is 11.4 Å². The molecule has 0 N–H and O–H groups in total. The number of benzene rings is 1. The third kappa shape index (κ3) is 3.26. The van der Waals surface area contributed by atoms with Crippen LogP contribution >= 0.6 is 0 Å². The molecule has 0 spiro atoms. The van der Waals surface area contributed by atoms with E-state index in [1.165, 1.54) is 5.56 Å². The molecule has 0 unspecified atom stereocenters. The number of rotatable bonds is 6. The van der Waals surface area contributed by atoms with Gasteiger partial charge in [0.1, 0.15) is 11.6 Å². The van der Waals surface area contributed by atoms with Crippen molar-refractivity contribution < 1.29 is 0 Å². The smallest absolute Gasteiger partial charge is 0.143 e. The van der Waals surface area contributed by atoms with Crippen molar-refractivity contribution in [2.75, 3.05) is 18.0 Å². The number of pyridine rings is 1. The van der Waals surface area contributed by atoms with E-state index in [0.29, 0.717) is 6.54 Å². The van der Waals surface area contributed by atoms with Gasteiger partial charge in [0.05, 0.1) is 23.3 Å². The summed E-state index contributed by atoms with van der Waals surface area (Å²) >= 11 is 0. The molecule has 144 valence electrons. The van der Waals surface area contributed by atoms with Crippen molar-refractivity contribution in [2.45, 2.75) is 27.3 Å².